The third kappa shape index (κ3) is 5.13. The van der Waals surface area contributed by atoms with E-state index in [4.69, 9.17) is 14.2 Å². The Hall–Kier alpha value is -1.75. The second-order valence-corrected chi connectivity index (χ2v) is 7.15. The van der Waals surface area contributed by atoms with E-state index >= 15 is 0 Å². The highest BCUT2D eigenvalue weighted by Gasteiger charge is 2.27. The first-order valence-corrected chi connectivity index (χ1v) is 8.00. The summed E-state index contributed by atoms with van der Waals surface area (Å²) in [7, 11) is 1.59. The van der Waals surface area contributed by atoms with Crippen molar-refractivity contribution in [2.24, 2.45) is 5.92 Å². The summed E-state index contributed by atoms with van der Waals surface area (Å²) in [6, 6.07) is 6.02. The molecular weight excluding hydrogens is 294 g/mol. The molecule has 128 valence electrons. The molecule has 1 heterocycles. The number of amides is 1. The summed E-state index contributed by atoms with van der Waals surface area (Å²) in [5, 5.41) is 0. The molecule has 1 aromatic carbocycles. The van der Waals surface area contributed by atoms with E-state index in [1.54, 1.807) is 12.0 Å². The van der Waals surface area contributed by atoms with Crippen LogP contribution in [0.2, 0.25) is 0 Å². The molecule has 1 amide bonds. The standard InChI is InChI=1S/C18H27NO4/c1-13-8-14-6-7-16(22-12-21-5)9-15(14)11-19(10-13)17(20)23-18(2,3)4/h6-7,9,13H,8,10-12H2,1-5H3. The zero-order chi connectivity index (χ0) is 17.0. The predicted octanol–water partition coefficient (Wildman–Crippen LogP) is 3.60. The second-order valence-electron chi connectivity index (χ2n) is 7.15. The molecule has 1 unspecified atom stereocenters. The number of carbonyl (C=O) groups is 1. The average Bonchev–Trinajstić information content (AvgIpc) is 2.61. The van der Waals surface area contributed by atoms with Crippen molar-refractivity contribution in [3.05, 3.63) is 29.3 Å². The summed E-state index contributed by atoms with van der Waals surface area (Å²) in [6.45, 7) is 9.26. The molecule has 0 N–H and O–H groups in total. The Morgan fingerprint density at radius 2 is 2.04 bits per heavy atom. The lowest BCUT2D eigenvalue weighted by molar-refractivity contribution is 0.0214. The van der Waals surface area contributed by atoms with Crippen LogP contribution in [0.1, 0.15) is 38.8 Å². The van der Waals surface area contributed by atoms with E-state index < -0.39 is 5.60 Å². The van der Waals surface area contributed by atoms with Gasteiger partial charge in [-0.15, -0.1) is 0 Å². The lowest BCUT2D eigenvalue weighted by Gasteiger charge is -2.27. The largest absolute Gasteiger partial charge is 0.468 e. The Labute approximate surface area is 138 Å². The number of hydrogen-bond donors (Lipinski definition) is 0. The summed E-state index contributed by atoms with van der Waals surface area (Å²) in [6.07, 6.45) is 0.680. The van der Waals surface area contributed by atoms with Gasteiger partial charge in [0.15, 0.2) is 6.79 Å². The van der Waals surface area contributed by atoms with Gasteiger partial charge in [0.2, 0.25) is 0 Å². The minimum atomic E-state index is -0.487. The number of methoxy groups -OCH3 is 1. The molecule has 5 heteroatoms. The molecule has 0 fully saturated rings. The van der Waals surface area contributed by atoms with Gasteiger partial charge in [0.25, 0.3) is 0 Å². The topological polar surface area (TPSA) is 48.0 Å². The van der Waals surface area contributed by atoms with Crippen LogP contribution in [0.25, 0.3) is 0 Å². The van der Waals surface area contributed by atoms with Crippen molar-refractivity contribution in [3.8, 4) is 5.75 Å². The third-order valence-corrected chi connectivity index (χ3v) is 3.63. The van der Waals surface area contributed by atoms with Crippen LogP contribution in [0.4, 0.5) is 4.79 Å². The Balaban J connectivity index is 2.19. The number of hydrogen-bond acceptors (Lipinski definition) is 4. The highest BCUT2D eigenvalue weighted by molar-refractivity contribution is 5.68. The number of rotatable bonds is 3. The van der Waals surface area contributed by atoms with E-state index in [2.05, 4.69) is 13.0 Å². The molecule has 5 nitrogen and oxygen atoms in total. The van der Waals surface area contributed by atoms with Crippen molar-refractivity contribution >= 4 is 6.09 Å². The van der Waals surface area contributed by atoms with E-state index in [9.17, 15) is 4.79 Å². The van der Waals surface area contributed by atoms with E-state index in [0.717, 1.165) is 17.7 Å². The SMILES string of the molecule is COCOc1ccc2c(c1)CN(C(=O)OC(C)(C)C)CC(C)C2. The van der Waals surface area contributed by atoms with E-state index in [0.29, 0.717) is 19.0 Å². The minimum Gasteiger partial charge on any atom is -0.468 e. The van der Waals surface area contributed by atoms with Gasteiger partial charge in [-0.2, -0.15) is 0 Å². The molecule has 0 aliphatic carbocycles. The fraction of sp³-hybridized carbons (Fsp3) is 0.611. The van der Waals surface area contributed by atoms with Crippen LogP contribution in [-0.4, -0.2) is 37.0 Å². The Kier molecular flexibility index (Phi) is 5.52. The maximum absolute atomic E-state index is 12.4. The number of ether oxygens (including phenoxy) is 3. The lowest BCUT2D eigenvalue weighted by Crippen LogP contribution is -2.38. The van der Waals surface area contributed by atoms with Gasteiger partial charge in [0, 0.05) is 20.2 Å². The molecule has 0 aromatic heterocycles. The molecule has 0 radical (unpaired) electrons. The number of nitrogens with zero attached hydrogens (tertiary/aromatic N) is 1. The maximum Gasteiger partial charge on any atom is 0.410 e. The Bertz CT molecular complexity index is 550. The first kappa shape index (κ1) is 17.6. The van der Waals surface area contributed by atoms with Gasteiger partial charge < -0.3 is 19.1 Å². The van der Waals surface area contributed by atoms with Crippen LogP contribution in [0.15, 0.2) is 18.2 Å². The molecule has 1 atom stereocenters. The fourth-order valence-electron chi connectivity index (χ4n) is 2.72. The molecule has 0 saturated heterocycles. The van der Waals surface area contributed by atoms with Crippen molar-refractivity contribution in [3.63, 3.8) is 0 Å². The molecule has 23 heavy (non-hydrogen) atoms. The smallest absolute Gasteiger partial charge is 0.410 e. The van der Waals surface area contributed by atoms with Crippen molar-refractivity contribution < 1.29 is 19.0 Å². The van der Waals surface area contributed by atoms with Crippen LogP contribution >= 0.6 is 0 Å². The van der Waals surface area contributed by atoms with Crippen molar-refractivity contribution in [1.82, 2.24) is 4.90 Å². The molecule has 2 rings (SSSR count). The second kappa shape index (κ2) is 7.21. The highest BCUT2D eigenvalue weighted by Crippen LogP contribution is 2.27. The van der Waals surface area contributed by atoms with Crippen LogP contribution in [0.3, 0.4) is 0 Å². The van der Waals surface area contributed by atoms with Gasteiger partial charge in [-0.1, -0.05) is 13.0 Å². The maximum atomic E-state index is 12.4. The normalized spacial score (nSPS) is 18.1. The van der Waals surface area contributed by atoms with Crippen LogP contribution in [0.5, 0.6) is 5.75 Å². The number of benzene rings is 1. The zero-order valence-electron chi connectivity index (χ0n) is 14.7. The van der Waals surface area contributed by atoms with Gasteiger partial charge in [-0.25, -0.2) is 4.79 Å². The molecule has 0 spiro atoms. The van der Waals surface area contributed by atoms with Gasteiger partial charge in [0.1, 0.15) is 11.4 Å². The first-order chi connectivity index (χ1) is 10.8. The number of carbonyl (C=O) groups excluding carboxylic acids is 1. The highest BCUT2D eigenvalue weighted by atomic mass is 16.7. The fourth-order valence-corrected chi connectivity index (χ4v) is 2.72. The average molecular weight is 321 g/mol. The quantitative estimate of drug-likeness (QED) is 0.798. The Morgan fingerprint density at radius 1 is 1.30 bits per heavy atom. The zero-order valence-corrected chi connectivity index (χ0v) is 14.7. The van der Waals surface area contributed by atoms with Gasteiger partial charge in [-0.05, 0) is 56.4 Å². The summed E-state index contributed by atoms with van der Waals surface area (Å²) in [5.74, 6) is 1.14. The molecule has 0 saturated carbocycles. The Morgan fingerprint density at radius 3 is 2.70 bits per heavy atom. The van der Waals surface area contributed by atoms with Crippen molar-refractivity contribution in [1.29, 1.82) is 0 Å². The molecule has 1 aliphatic rings. The lowest BCUT2D eigenvalue weighted by atomic mass is 9.99. The van der Waals surface area contributed by atoms with E-state index in [1.807, 2.05) is 32.9 Å². The number of fused-ring (bicyclic) bond motifs is 1. The summed E-state index contributed by atoms with van der Waals surface area (Å²) >= 11 is 0. The monoisotopic (exact) mass is 321 g/mol. The summed E-state index contributed by atoms with van der Waals surface area (Å²) in [4.78, 5) is 14.2. The van der Waals surface area contributed by atoms with Gasteiger partial charge >= 0.3 is 6.09 Å². The van der Waals surface area contributed by atoms with E-state index in [-0.39, 0.29) is 12.9 Å². The minimum absolute atomic E-state index is 0.213. The molecular formula is C18H27NO4. The van der Waals surface area contributed by atoms with Gasteiger partial charge in [0.05, 0.1) is 0 Å². The van der Waals surface area contributed by atoms with Crippen LogP contribution in [-0.2, 0) is 22.4 Å². The van der Waals surface area contributed by atoms with Crippen LogP contribution in [0, 0.1) is 5.92 Å². The van der Waals surface area contributed by atoms with E-state index in [1.165, 1.54) is 5.56 Å². The third-order valence-electron chi connectivity index (χ3n) is 3.63. The molecule has 1 aromatic rings. The van der Waals surface area contributed by atoms with Gasteiger partial charge in [-0.3, -0.25) is 0 Å². The van der Waals surface area contributed by atoms with Crippen molar-refractivity contribution in [2.75, 3.05) is 20.4 Å². The van der Waals surface area contributed by atoms with Crippen LogP contribution < -0.4 is 4.74 Å². The molecule has 1 aliphatic heterocycles. The summed E-state index contributed by atoms with van der Waals surface area (Å²) in [5.41, 5.74) is 1.88. The first-order valence-electron chi connectivity index (χ1n) is 8.00. The van der Waals surface area contributed by atoms with Crippen molar-refractivity contribution in [2.45, 2.75) is 46.3 Å². The predicted molar refractivity (Wildman–Crippen MR) is 88.5 cm³/mol. The summed E-state index contributed by atoms with van der Waals surface area (Å²) < 4.78 is 16.0. The molecule has 0 bridgehead atoms.